The molecule has 0 saturated carbocycles. The lowest BCUT2D eigenvalue weighted by atomic mass is 10.1. The summed E-state index contributed by atoms with van der Waals surface area (Å²) in [5.74, 6) is -0.269. The maximum absolute atomic E-state index is 11.3. The third-order valence-electron chi connectivity index (χ3n) is 4.41. The number of hydrogen-bond acceptors (Lipinski definition) is 4. The van der Waals surface area contributed by atoms with Gasteiger partial charge in [-0.25, -0.2) is 4.79 Å². The largest absolute Gasteiger partial charge is 0.477 e. The van der Waals surface area contributed by atoms with Crippen LogP contribution in [0, 0.1) is 0 Å². The summed E-state index contributed by atoms with van der Waals surface area (Å²) in [5.41, 5.74) is 4.66. The van der Waals surface area contributed by atoms with Gasteiger partial charge in [0.15, 0.2) is 0 Å². The van der Waals surface area contributed by atoms with Crippen molar-refractivity contribution in [3.8, 4) is 0 Å². The van der Waals surface area contributed by atoms with Crippen molar-refractivity contribution in [1.29, 1.82) is 0 Å². The van der Waals surface area contributed by atoms with E-state index in [1.54, 1.807) is 0 Å². The number of nitrogens with zero attached hydrogens (tertiary/aromatic N) is 2. The number of hydrogen-bond donors (Lipinski definition) is 2. The average molecular weight is 363 g/mol. The summed E-state index contributed by atoms with van der Waals surface area (Å²) >= 11 is 1.35. The van der Waals surface area contributed by atoms with Crippen LogP contribution in [-0.2, 0) is 4.79 Å². The van der Waals surface area contributed by atoms with Crippen LogP contribution < -0.4 is 4.90 Å². The number of nitrogens with one attached hydrogen (secondary N) is 1. The molecule has 2 aromatic carbocycles. The molecule has 5 nitrogen and oxygen atoms in total. The Morgan fingerprint density at radius 2 is 1.96 bits per heavy atom. The standard InChI is InChI=1S/C20H17N3O2S/c1-13-19(20(24)25)26-12-23(13)18-9-5-2-6-14(18)10-11-17-15-7-3-4-8-16(15)21-22-17/h2-11H,12H2,1H3,(H,21,22)(H,24,25). The number of allylic oxidation sites excluding steroid dienone is 1. The number of thioether (sulfide) groups is 1. The zero-order chi connectivity index (χ0) is 18.1. The highest BCUT2D eigenvalue weighted by molar-refractivity contribution is 8.04. The Morgan fingerprint density at radius 3 is 2.77 bits per heavy atom. The molecule has 0 spiro atoms. The second-order valence-corrected chi connectivity index (χ2v) is 6.92. The van der Waals surface area contributed by atoms with E-state index in [0.29, 0.717) is 10.8 Å². The van der Waals surface area contributed by atoms with Gasteiger partial charge in [-0.3, -0.25) is 5.10 Å². The number of fused-ring (bicyclic) bond motifs is 1. The molecule has 0 radical (unpaired) electrons. The lowest BCUT2D eigenvalue weighted by Crippen LogP contribution is -2.17. The quantitative estimate of drug-likeness (QED) is 0.711. The van der Waals surface area contributed by atoms with E-state index in [4.69, 9.17) is 0 Å². The number of aromatic amines is 1. The van der Waals surface area contributed by atoms with Crippen molar-refractivity contribution in [2.75, 3.05) is 10.8 Å². The van der Waals surface area contributed by atoms with Gasteiger partial charge in [0.25, 0.3) is 0 Å². The summed E-state index contributed by atoms with van der Waals surface area (Å²) in [7, 11) is 0. The van der Waals surface area contributed by atoms with E-state index in [1.807, 2.05) is 72.5 Å². The Bertz CT molecular complexity index is 1050. The molecule has 6 heteroatoms. The van der Waals surface area contributed by atoms with Gasteiger partial charge in [-0.2, -0.15) is 5.10 Å². The molecular weight excluding hydrogens is 346 g/mol. The second-order valence-electron chi connectivity index (χ2n) is 5.97. The molecule has 0 aliphatic carbocycles. The monoisotopic (exact) mass is 363 g/mol. The first-order chi connectivity index (χ1) is 12.6. The van der Waals surface area contributed by atoms with Crippen LogP contribution in [0.5, 0.6) is 0 Å². The van der Waals surface area contributed by atoms with E-state index < -0.39 is 5.97 Å². The number of aliphatic carboxylic acids is 1. The predicted molar refractivity (Wildman–Crippen MR) is 107 cm³/mol. The van der Waals surface area contributed by atoms with Crippen molar-refractivity contribution in [2.45, 2.75) is 6.92 Å². The maximum Gasteiger partial charge on any atom is 0.344 e. The lowest BCUT2D eigenvalue weighted by Gasteiger charge is -2.21. The maximum atomic E-state index is 11.3. The molecular formula is C20H17N3O2S. The van der Waals surface area contributed by atoms with Gasteiger partial charge >= 0.3 is 5.97 Å². The Hall–Kier alpha value is -2.99. The summed E-state index contributed by atoms with van der Waals surface area (Å²) in [6, 6.07) is 16.0. The van der Waals surface area contributed by atoms with Crippen LogP contribution in [0.2, 0.25) is 0 Å². The van der Waals surface area contributed by atoms with Crippen molar-refractivity contribution < 1.29 is 9.90 Å². The average Bonchev–Trinajstić information content (AvgIpc) is 3.24. The first-order valence-corrected chi connectivity index (χ1v) is 9.18. The Labute approximate surface area is 155 Å². The number of anilines is 1. The van der Waals surface area contributed by atoms with E-state index in [1.165, 1.54) is 11.8 Å². The zero-order valence-corrected chi connectivity index (χ0v) is 15.0. The molecule has 1 aliphatic rings. The number of benzene rings is 2. The first-order valence-electron chi connectivity index (χ1n) is 8.20. The molecule has 0 bridgehead atoms. The van der Waals surface area contributed by atoms with Crippen LogP contribution >= 0.6 is 11.8 Å². The zero-order valence-electron chi connectivity index (χ0n) is 14.1. The fourth-order valence-corrected chi connectivity index (χ4v) is 4.11. The van der Waals surface area contributed by atoms with Gasteiger partial charge < -0.3 is 10.0 Å². The summed E-state index contributed by atoms with van der Waals surface area (Å²) in [4.78, 5) is 13.8. The van der Waals surface area contributed by atoms with Gasteiger partial charge in [0.05, 0.1) is 17.1 Å². The molecule has 2 N–H and O–H groups in total. The lowest BCUT2D eigenvalue weighted by molar-refractivity contribution is -0.131. The highest BCUT2D eigenvalue weighted by Gasteiger charge is 2.26. The summed E-state index contributed by atoms with van der Waals surface area (Å²) in [5, 5.41) is 17.8. The topological polar surface area (TPSA) is 69.2 Å². The SMILES string of the molecule is CC1=C(C(=O)O)SCN1c1ccccc1C=Cc1n[nH]c2ccccc12. The molecule has 4 rings (SSSR count). The fraction of sp³-hybridized carbons (Fsp3) is 0.100. The molecule has 0 saturated heterocycles. The third kappa shape index (κ3) is 2.88. The molecule has 26 heavy (non-hydrogen) atoms. The molecule has 0 atom stereocenters. The van der Waals surface area contributed by atoms with Crippen molar-refractivity contribution in [3.63, 3.8) is 0 Å². The van der Waals surface area contributed by atoms with E-state index in [9.17, 15) is 9.90 Å². The molecule has 2 heterocycles. The van der Waals surface area contributed by atoms with Crippen molar-refractivity contribution in [2.24, 2.45) is 0 Å². The van der Waals surface area contributed by atoms with Crippen LogP contribution in [0.25, 0.3) is 23.1 Å². The minimum Gasteiger partial charge on any atom is -0.477 e. The number of rotatable bonds is 4. The molecule has 0 unspecified atom stereocenters. The molecule has 1 aromatic heterocycles. The van der Waals surface area contributed by atoms with Gasteiger partial charge in [-0.05, 0) is 30.7 Å². The van der Waals surface area contributed by atoms with Crippen molar-refractivity contribution in [3.05, 3.63) is 70.4 Å². The van der Waals surface area contributed by atoms with Gasteiger partial charge in [0, 0.05) is 16.8 Å². The second kappa shape index (κ2) is 6.72. The number of H-pyrrole nitrogens is 1. The first kappa shape index (κ1) is 16.5. The highest BCUT2D eigenvalue weighted by Crippen LogP contribution is 2.37. The van der Waals surface area contributed by atoms with Gasteiger partial charge in [-0.1, -0.05) is 54.2 Å². The number of para-hydroxylation sites is 2. The van der Waals surface area contributed by atoms with E-state index in [0.717, 1.165) is 33.5 Å². The molecule has 1 aliphatic heterocycles. The van der Waals surface area contributed by atoms with Gasteiger partial charge in [0.1, 0.15) is 4.91 Å². The van der Waals surface area contributed by atoms with E-state index in [-0.39, 0.29) is 0 Å². The minimum absolute atomic E-state index is 0.405. The van der Waals surface area contributed by atoms with Crippen molar-refractivity contribution >= 4 is 46.5 Å². The fourth-order valence-electron chi connectivity index (χ4n) is 3.07. The Morgan fingerprint density at radius 1 is 1.19 bits per heavy atom. The third-order valence-corrected chi connectivity index (χ3v) is 5.56. The van der Waals surface area contributed by atoms with Crippen LogP contribution in [-0.4, -0.2) is 27.1 Å². The molecule has 0 fully saturated rings. The molecule has 3 aromatic rings. The highest BCUT2D eigenvalue weighted by atomic mass is 32.2. The van der Waals surface area contributed by atoms with Crippen LogP contribution in [0.3, 0.4) is 0 Å². The van der Waals surface area contributed by atoms with Crippen LogP contribution in [0.4, 0.5) is 5.69 Å². The minimum atomic E-state index is -0.869. The Kier molecular flexibility index (Phi) is 4.26. The number of aromatic nitrogens is 2. The van der Waals surface area contributed by atoms with Crippen LogP contribution in [0.1, 0.15) is 18.2 Å². The predicted octanol–water partition coefficient (Wildman–Crippen LogP) is 4.56. The summed E-state index contributed by atoms with van der Waals surface area (Å²) in [6.07, 6.45) is 4.01. The Balaban J connectivity index is 1.70. The summed E-state index contributed by atoms with van der Waals surface area (Å²) < 4.78 is 0. The number of carbonyl (C=O) groups is 1. The smallest absolute Gasteiger partial charge is 0.344 e. The number of carboxylic acids is 1. The number of carboxylic acid groups (broad SMARTS) is 1. The normalized spacial score (nSPS) is 14.7. The van der Waals surface area contributed by atoms with Gasteiger partial charge in [-0.15, -0.1) is 0 Å². The van der Waals surface area contributed by atoms with Crippen LogP contribution in [0.15, 0.2) is 59.1 Å². The van der Waals surface area contributed by atoms with Crippen molar-refractivity contribution in [1.82, 2.24) is 10.2 Å². The molecule has 130 valence electrons. The van der Waals surface area contributed by atoms with E-state index in [2.05, 4.69) is 10.2 Å². The van der Waals surface area contributed by atoms with Gasteiger partial charge in [0.2, 0.25) is 0 Å². The van der Waals surface area contributed by atoms with E-state index >= 15 is 0 Å². The molecule has 0 amide bonds. The summed E-state index contributed by atoms with van der Waals surface area (Å²) in [6.45, 7) is 1.85.